The van der Waals surface area contributed by atoms with Gasteiger partial charge in [0.25, 0.3) is 0 Å². The molecule has 2 N–H and O–H groups in total. The molecule has 0 aromatic carbocycles. The minimum Gasteiger partial charge on any atom is -0.423 e. The van der Waals surface area contributed by atoms with E-state index < -0.39 is 13.1 Å². The molecule has 5 nitrogen and oxygen atoms in total. The van der Waals surface area contributed by atoms with Crippen molar-refractivity contribution in [2.75, 3.05) is 32.8 Å². The average Bonchev–Trinajstić information content (AvgIpc) is 2.38. The molecule has 1 fully saturated rings. The van der Waals surface area contributed by atoms with Crippen LogP contribution in [0.4, 0.5) is 4.39 Å². The molecule has 0 amide bonds. The van der Waals surface area contributed by atoms with E-state index in [4.69, 9.17) is 14.8 Å². The predicted octanol–water partition coefficient (Wildman–Crippen LogP) is -1.22. The fraction of sp³-hybridized carbons (Fsp3) is 0.545. The topological polar surface area (TPSA) is 65.8 Å². The SMILES string of the molecule is OB(O)c1cc(CCN2CCOCC2)cnc1F. The summed E-state index contributed by atoms with van der Waals surface area (Å²) in [6, 6.07) is 1.45. The first-order valence-corrected chi connectivity index (χ1v) is 5.97. The van der Waals surface area contributed by atoms with E-state index in [1.807, 2.05) is 0 Å². The van der Waals surface area contributed by atoms with E-state index in [9.17, 15) is 4.39 Å². The molecule has 1 saturated heterocycles. The summed E-state index contributed by atoms with van der Waals surface area (Å²) in [6.07, 6.45) is 2.13. The molecule has 1 aromatic rings. The minimum absolute atomic E-state index is 0.172. The van der Waals surface area contributed by atoms with E-state index in [1.54, 1.807) is 0 Å². The first kappa shape index (κ1) is 13.4. The van der Waals surface area contributed by atoms with Crippen molar-refractivity contribution in [1.82, 2.24) is 9.88 Å². The van der Waals surface area contributed by atoms with E-state index in [1.165, 1.54) is 12.3 Å². The molecule has 0 saturated carbocycles. The fourth-order valence-electron chi connectivity index (χ4n) is 1.94. The van der Waals surface area contributed by atoms with Crippen molar-refractivity contribution in [3.05, 3.63) is 23.8 Å². The van der Waals surface area contributed by atoms with Crippen molar-refractivity contribution >= 4 is 12.6 Å². The van der Waals surface area contributed by atoms with Gasteiger partial charge in [-0.3, -0.25) is 4.90 Å². The van der Waals surface area contributed by atoms with Crippen LogP contribution in [0.5, 0.6) is 0 Å². The van der Waals surface area contributed by atoms with Gasteiger partial charge in [0.1, 0.15) is 0 Å². The molecular weight excluding hydrogens is 238 g/mol. The third kappa shape index (κ3) is 3.49. The number of hydrogen-bond donors (Lipinski definition) is 2. The molecule has 1 aromatic heterocycles. The number of nitrogens with zero attached hydrogens (tertiary/aromatic N) is 2. The zero-order chi connectivity index (χ0) is 13.0. The molecule has 0 radical (unpaired) electrons. The second-order valence-electron chi connectivity index (χ2n) is 4.30. The van der Waals surface area contributed by atoms with Gasteiger partial charge in [-0.25, -0.2) is 4.98 Å². The van der Waals surface area contributed by atoms with Crippen molar-refractivity contribution in [3.63, 3.8) is 0 Å². The highest BCUT2D eigenvalue weighted by molar-refractivity contribution is 6.58. The second-order valence-corrected chi connectivity index (χ2v) is 4.30. The Bertz CT molecular complexity index is 400. The Morgan fingerprint density at radius 1 is 1.39 bits per heavy atom. The molecule has 7 heteroatoms. The molecule has 0 spiro atoms. The number of pyridine rings is 1. The maximum atomic E-state index is 13.2. The van der Waals surface area contributed by atoms with Crippen LogP contribution in [0.3, 0.4) is 0 Å². The third-order valence-electron chi connectivity index (χ3n) is 3.02. The highest BCUT2D eigenvalue weighted by atomic mass is 19.1. The van der Waals surface area contributed by atoms with Gasteiger partial charge >= 0.3 is 7.12 Å². The van der Waals surface area contributed by atoms with Crippen LogP contribution in [-0.4, -0.2) is 59.9 Å². The molecule has 2 rings (SSSR count). The molecule has 18 heavy (non-hydrogen) atoms. The van der Waals surface area contributed by atoms with E-state index in [0.717, 1.165) is 38.4 Å². The monoisotopic (exact) mass is 254 g/mol. The molecule has 0 unspecified atom stereocenters. The zero-order valence-electron chi connectivity index (χ0n) is 10.0. The van der Waals surface area contributed by atoms with Crippen molar-refractivity contribution in [2.24, 2.45) is 0 Å². The van der Waals surface area contributed by atoms with Gasteiger partial charge in [-0.15, -0.1) is 0 Å². The lowest BCUT2D eigenvalue weighted by molar-refractivity contribution is 0.0384. The highest BCUT2D eigenvalue weighted by Gasteiger charge is 2.18. The molecule has 2 heterocycles. The van der Waals surface area contributed by atoms with Crippen LogP contribution in [-0.2, 0) is 11.2 Å². The summed E-state index contributed by atoms with van der Waals surface area (Å²) in [5.41, 5.74) is 0.625. The van der Waals surface area contributed by atoms with Gasteiger partial charge in [-0.2, -0.15) is 4.39 Å². The molecule has 1 aliphatic heterocycles. The summed E-state index contributed by atoms with van der Waals surface area (Å²) in [5.74, 6) is -0.833. The number of halogens is 1. The largest absolute Gasteiger partial charge is 0.493 e. The van der Waals surface area contributed by atoms with Crippen LogP contribution in [0.2, 0.25) is 0 Å². The van der Waals surface area contributed by atoms with E-state index >= 15 is 0 Å². The summed E-state index contributed by atoms with van der Waals surface area (Å²) in [5, 5.41) is 18.0. The number of aromatic nitrogens is 1. The Balaban J connectivity index is 1.94. The predicted molar refractivity (Wildman–Crippen MR) is 65.0 cm³/mol. The Hall–Kier alpha value is -1.02. The first-order chi connectivity index (χ1) is 8.66. The van der Waals surface area contributed by atoms with Crippen LogP contribution >= 0.6 is 0 Å². The summed E-state index contributed by atoms with van der Waals surface area (Å²) >= 11 is 0. The standard InChI is InChI=1S/C11H16BFN2O3/c13-11-10(12(16)17)7-9(8-14-11)1-2-15-3-5-18-6-4-15/h7-8,16-17H,1-6H2. The molecule has 1 aliphatic rings. The number of ether oxygens (including phenoxy) is 1. The average molecular weight is 254 g/mol. The Morgan fingerprint density at radius 3 is 2.78 bits per heavy atom. The van der Waals surface area contributed by atoms with Crippen molar-refractivity contribution in [3.8, 4) is 0 Å². The summed E-state index contributed by atoms with van der Waals surface area (Å²) in [6.45, 7) is 4.09. The van der Waals surface area contributed by atoms with Crippen molar-refractivity contribution in [1.29, 1.82) is 0 Å². The Kier molecular flexibility index (Phi) is 4.65. The van der Waals surface area contributed by atoms with Crippen molar-refractivity contribution < 1.29 is 19.2 Å². The zero-order valence-corrected chi connectivity index (χ0v) is 10.0. The molecule has 0 atom stereocenters. The van der Waals surface area contributed by atoms with Gasteiger partial charge < -0.3 is 14.8 Å². The van der Waals surface area contributed by atoms with Crippen LogP contribution in [0.15, 0.2) is 12.3 Å². The maximum absolute atomic E-state index is 13.2. The normalized spacial score (nSPS) is 16.8. The molecule has 98 valence electrons. The fourth-order valence-corrected chi connectivity index (χ4v) is 1.94. The molecule has 0 bridgehead atoms. The van der Waals surface area contributed by atoms with Gasteiger partial charge in [-0.1, -0.05) is 6.07 Å². The van der Waals surface area contributed by atoms with Crippen LogP contribution in [0.25, 0.3) is 0 Å². The second kappa shape index (κ2) is 6.24. The molecule has 0 aliphatic carbocycles. The lowest BCUT2D eigenvalue weighted by Gasteiger charge is -2.26. The van der Waals surface area contributed by atoms with Gasteiger partial charge in [0.2, 0.25) is 5.95 Å². The molecular formula is C11H16BFN2O3. The quantitative estimate of drug-likeness (QED) is 0.520. The maximum Gasteiger partial charge on any atom is 0.493 e. The summed E-state index contributed by atoms with van der Waals surface area (Å²) in [4.78, 5) is 5.79. The van der Waals surface area contributed by atoms with E-state index in [0.29, 0.717) is 6.42 Å². The number of hydrogen-bond acceptors (Lipinski definition) is 5. The number of morpholine rings is 1. The van der Waals surface area contributed by atoms with Gasteiger partial charge in [0.05, 0.1) is 13.2 Å². The lowest BCUT2D eigenvalue weighted by Crippen LogP contribution is -2.38. The minimum atomic E-state index is -1.82. The highest BCUT2D eigenvalue weighted by Crippen LogP contribution is 2.03. The van der Waals surface area contributed by atoms with Crippen LogP contribution in [0, 0.1) is 5.95 Å². The Morgan fingerprint density at radius 2 is 2.11 bits per heavy atom. The number of rotatable bonds is 4. The van der Waals surface area contributed by atoms with Crippen molar-refractivity contribution in [2.45, 2.75) is 6.42 Å². The summed E-state index contributed by atoms with van der Waals surface area (Å²) < 4.78 is 18.4. The van der Waals surface area contributed by atoms with E-state index in [-0.39, 0.29) is 5.46 Å². The van der Waals surface area contributed by atoms with Crippen LogP contribution < -0.4 is 5.46 Å². The summed E-state index contributed by atoms with van der Waals surface area (Å²) in [7, 11) is -1.82. The van der Waals surface area contributed by atoms with E-state index in [2.05, 4.69) is 9.88 Å². The van der Waals surface area contributed by atoms with Gasteiger partial charge in [-0.05, 0) is 12.0 Å². The lowest BCUT2D eigenvalue weighted by atomic mass is 9.80. The van der Waals surface area contributed by atoms with Gasteiger partial charge in [0.15, 0.2) is 0 Å². The van der Waals surface area contributed by atoms with Gasteiger partial charge in [0, 0.05) is 31.3 Å². The first-order valence-electron chi connectivity index (χ1n) is 5.97. The smallest absolute Gasteiger partial charge is 0.423 e. The van der Waals surface area contributed by atoms with Crippen LogP contribution in [0.1, 0.15) is 5.56 Å². The Labute approximate surface area is 105 Å². The third-order valence-corrected chi connectivity index (χ3v) is 3.02.